The number of hydrogen-bond acceptors (Lipinski definition) is 5. The number of nitro groups is 2. The Morgan fingerprint density at radius 3 is 2.29 bits per heavy atom. The van der Waals surface area contributed by atoms with Gasteiger partial charge in [-0.05, 0) is 18.9 Å². The largest absolute Gasteiger partial charge is 0.366 e. The molecule has 7 nitrogen and oxygen atoms in total. The number of nitrogens with zero attached hydrogens (tertiary/aromatic N) is 3. The molecule has 17 heavy (non-hydrogen) atoms. The molecule has 1 radical (unpaired) electrons. The van der Waals surface area contributed by atoms with E-state index in [0.717, 1.165) is 25.9 Å². The van der Waals surface area contributed by atoms with E-state index in [1.54, 1.807) is 0 Å². The molecule has 0 N–H and O–H groups in total. The fourth-order valence-electron chi connectivity index (χ4n) is 1.92. The minimum atomic E-state index is -0.680. The van der Waals surface area contributed by atoms with E-state index in [1.165, 1.54) is 12.1 Å². The molecule has 2 rings (SSSR count). The molecule has 1 aromatic carbocycles. The lowest BCUT2D eigenvalue weighted by atomic mass is 10.2. The molecule has 1 saturated heterocycles. The van der Waals surface area contributed by atoms with Gasteiger partial charge in [-0.1, -0.05) is 0 Å². The van der Waals surface area contributed by atoms with Gasteiger partial charge in [-0.2, -0.15) is 0 Å². The molecule has 0 aliphatic carbocycles. The molecule has 1 aromatic rings. The van der Waals surface area contributed by atoms with Crippen molar-refractivity contribution < 1.29 is 9.85 Å². The molecule has 89 valence electrons. The van der Waals surface area contributed by atoms with Crippen LogP contribution in [-0.2, 0) is 0 Å². The number of non-ortho nitro benzene ring substituents is 1. The summed E-state index contributed by atoms with van der Waals surface area (Å²) in [5.74, 6) is 0. The molecule has 0 bridgehead atoms. The van der Waals surface area contributed by atoms with Crippen molar-refractivity contribution in [1.29, 1.82) is 0 Å². The maximum Gasteiger partial charge on any atom is 0.307 e. The number of rotatable bonds is 3. The Balaban J connectivity index is 2.44. The molecular formula is C10H10N3O4. The van der Waals surface area contributed by atoms with Gasteiger partial charge >= 0.3 is 5.69 Å². The summed E-state index contributed by atoms with van der Waals surface area (Å²) in [6, 6.07) is 4.93. The maximum absolute atomic E-state index is 10.9. The van der Waals surface area contributed by atoms with Gasteiger partial charge in [-0.15, -0.1) is 0 Å². The zero-order chi connectivity index (χ0) is 12.4. The van der Waals surface area contributed by atoms with Crippen LogP contribution in [0.2, 0.25) is 0 Å². The molecular weight excluding hydrogens is 226 g/mol. The van der Waals surface area contributed by atoms with Crippen LogP contribution < -0.4 is 4.90 Å². The summed E-state index contributed by atoms with van der Waals surface area (Å²) in [6.45, 7) is 1.49. The maximum atomic E-state index is 10.9. The summed E-state index contributed by atoms with van der Waals surface area (Å²) < 4.78 is 0. The number of hydrogen-bond donors (Lipinski definition) is 0. The highest BCUT2D eigenvalue weighted by atomic mass is 16.6. The summed E-state index contributed by atoms with van der Waals surface area (Å²) in [6.07, 6.45) is 1.96. The molecule has 7 heteroatoms. The second kappa shape index (κ2) is 4.36. The summed E-state index contributed by atoms with van der Waals surface area (Å²) in [7, 11) is 0. The van der Waals surface area contributed by atoms with Crippen molar-refractivity contribution in [3.05, 3.63) is 38.4 Å². The highest BCUT2D eigenvalue weighted by Crippen LogP contribution is 2.33. The fourth-order valence-corrected chi connectivity index (χ4v) is 1.92. The summed E-state index contributed by atoms with van der Waals surface area (Å²) in [5.41, 5.74) is -0.279. The molecule has 1 heterocycles. The number of anilines is 1. The molecule has 0 atom stereocenters. The second-order valence-electron chi connectivity index (χ2n) is 3.79. The zero-order valence-electron chi connectivity index (χ0n) is 8.96. The monoisotopic (exact) mass is 236 g/mol. The van der Waals surface area contributed by atoms with Gasteiger partial charge < -0.3 is 4.90 Å². The quantitative estimate of drug-likeness (QED) is 0.590. The summed E-state index contributed by atoms with van der Waals surface area (Å²) >= 11 is 0. The Labute approximate surface area is 97.0 Å². The molecule has 0 saturated carbocycles. The van der Waals surface area contributed by atoms with E-state index in [-0.39, 0.29) is 11.4 Å². The third-order valence-corrected chi connectivity index (χ3v) is 2.71. The lowest BCUT2D eigenvalue weighted by Gasteiger charge is -2.16. The average Bonchev–Trinajstić information content (AvgIpc) is 2.81. The van der Waals surface area contributed by atoms with Crippen molar-refractivity contribution in [3.63, 3.8) is 0 Å². The highest BCUT2D eigenvalue weighted by molar-refractivity contribution is 5.66. The molecule has 0 aromatic heterocycles. The van der Waals surface area contributed by atoms with Crippen LogP contribution in [-0.4, -0.2) is 22.9 Å². The average molecular weight is 236 g/mol. The van der Waals surface area contributed by atoms with Crippen LogP contribution in [0, 0.1) is 26.3 Å². The lowest BCUT2D eigenvalue weighted by Crippen LogP contribution is -2.19. The van der Waals surface area contributed by atoms with E-state index in [9.17, 15) is 20.2 Å². The van der Waals surface area contributed by atoms with Gasteiger partial charge in [0.25, 0.3) is 5.69 Å². The zero-order valence-corrected chi connectivity index (χ0v) is 8.96. The third kappa shape index (κ3) is 2.17. The van der Waals surface area contributed by atoms with Gasteiger partial charge in [-0.3, -0.25) is 20.2 Å². The van der Waals surface area contributed by atoms with E-state index in [0.29, 0.717) is 5.69 Å². The molecule has 1 aliphatic heterocycles. The van der Waals surface area contributed by atoms with E-state index >= 15 is 0 Å². The van der Waals surface area contributed by atoms with E-state index in [1.807, 2.05) is 4.90 Å². The molecule has 1 aliphatic rings. The Bertz CT molecular complexity index is 469. The summed E-state index contributed by atoms with van der Waals surface area (Å²) in [5, 5.41) is 21.4. The van der Waals surface area contributed by atoms with Crippen molar-refractivity contribution in [1.82, 2.24) is 0 Å². The predicted molar refractivity (Wildman–Crippen MR) is 60.0 cm³/mol. The molecule has 1 fully saturated rings. The van der Waals surface area contributed by atoms with E-state index in [4.69, 9.17) is 0 Å². The van der Waals surface area contributed by atoms with Crippen LogP contribution in [0.1, 0.15) is 12.8 Å². The van der Waals surface area contributed by atoms with Crippen LogP contribution >= 0.6 is 0 Å². The SMILES string of the molecule is O=[N+]([O-])c1[c]c([N+](=O)[O-])c(N2CCCC2)cc1. The molecule has 0 spiro atoms. The first-order chi connectivity index (χ1) is 8.09. The Kier molecular flexibility index (Phi) is 2.90. The Morgan fingerprint density at radius 1 is 1.12 bits per heavy atom. The van der Waals surface area contributed by atoms with Crippen molar-refractivity contribution in [2.45, 2.75) is 12.8 Å². The van der Waals surface area contributed by atoms with Gasteiger partial charge in [0.15, 0.2) is 6.07 Å². The van der Waals surface area contributed by atoms with Crippen LogP contribution in [0.5, 0.6) is 0 Å². The predicted octanol–water partition coefficient (Wildman–Crippen LogP) is 1.90. The lowest BCUT2D eigenvalue weighted by molar-refractivity contribution is -0.394. The van der Waals surface area contributed by atoms with Crippen molar-refractivity contribution >= 4 is 17.1 Å². The van der Waals surface area contributed by atoms with Crippen molar-refractivity contribution in [2.75, 3.05) is 18.0 Å². The van der Waals surface area contributed by atoms with Crippen molar-refractivity contribution in [3.8, 4) is 0 Å². The smallest absolute Gasteiger partial charge is 0.307 e. The Hall–Kier alpha value is -2.18. The normalized spacial score (nSPS) is 14.9. The number of benzene rings is 1. The highest BCUT2D eigenvalue weighted by Gasteiger charge is 2.25. The second-order valence-corrected chi connectivity index (χ2v) is 3.79. The van der Waals surface area contributed by atoms with Crippen LogP contribution in [0.25, 0.3) is 0 Å². The third-order valence-electron chi connectivity index (χ3n) is 2.71. The minimum absolute atomic E-state index is 0.318. The Morgan fingerprint density at radius 2 is 1.76 bits per heavy atom. The first kappa shape index (κ1) is 11.3. The molecule has 0 unspecified atom stereocenters. The van der Waals surface area contributed by atoms with E-state index < -0.39 is 9.85 Å². The number of nitro benzene ring substituents is 2. The van der Waals surface area contributed by atoms with Gasteiger partial charge in [-0.25, -0.2) is 0 Å². The molecule has 0 amide bonds. The van der Waals surface area contributed by atoms with Crippen LogP contribution in [0.3, 0.4) is 0 Å². The fraction of sp³-hybridized carbons (Fsp3) is 0.400. The first-order valence-electron chi connectivity index (χ1n) is 5.19. The first-order valence-corrected chi connectivity index (χ1v) is 5.19. The van der Waals surface area contributed by atoms with Gasteiger partial charge in [0, 0.05) is 19.2 Å². The summed E-state index contributed by atoms with van der Waals surface area (Å²) in [4.78, 5) is 22.0. The van der Waals surface area contributed by atoms with Crippen LogP contribution in [0.15, 0.2) is 12.1 Å². The topological polar surface area (TPSA) is 89.5 Å². The van der Waals surface area contributed by atoms with Gasteiger partial charge in [0.05, 0.1) is 9.85 Å². The van der Waals surface area contributed by atoms with Gasteiger partial charge in [0.1, 0.15) is 5.69 Å². The van der Waals surface area contributed by atoms with E-state index in [2.05, 4.69) is 6.07 Å². The van der Waals surface area contributed by atoms with Gasteiger partial charge in [0.2, 0.25) is 0 Å². The van der Waals surface area contributed by atoms with Crippen molar-refractivity contribution in [2.24, 2.45) is 0 Å². The van der Waals surface area contributed by atoms with Crippen LogP contribution in [0.4, 0.5) is 17.1 Å². The minimum Gasteiger partial charge on any atom is -0.366 e. The standard InChI is InChI=1S/C10H10N3O4/c14-12(15)8-3-4-9(10(7-8)13(16)17)11-5-1-2-6-11/h3-4H,1-2,5-6H2.